The lowest BCUT2D eigenvalue weighted by Gasteiger charge is -2.21. The summed E-state index contributed by atoms with van der Waals surface area (Å²) in [6, 6.07) is 14.9. The van der Waals surface area contributed by atoms with Crippen molar-refractivity contribution in [1.29, 1.82) is 0 Å². The van der Waals surface area contributed by atoms with Crippen LogP contribution in [0.5, 0.6) is 0 Å². The normalized spacial score (nSPS) is 14.3. The molecule has 0 N–H and O–H groups in total. The Kier molecular flexibility index (Phi) is 3.91. The number of carbonyl (C=O) groups excluding carboxylic acids is 2. The molecule has 2 amide bonds. The molecular weight excluding hydrogens is 306 g/mol. The molecule has 23 heavy (non-hydrogen) atoms. The molecule has 1 aliphatic heterocycles. The summed E-state index contributed by atoms with van der Waals surface area (Å²) in [7, 11) is -0.112. The molecule has 0 unspecified atom stereocenters. The summed E-state index contributed by atoms with van der Waals surface area (Å²) in [5, 5.41) is 1.19. The molecule has 0 fully saturated rings. The quantitative estimate of drug-likeness (QED) is 0.641. The van der Waals surface area contributed by atoms with E-state index < -0.39 is 8.32 Å². The second-order valence-electron chi connectivity index (χ2n) is 6.15. The third-order valence-electron chi connectivity index (χ3n) is 4.38. The fraction of sp³-hybridized carbons (Fsp3) is 0.222. The van der Waals surface area contributed by atoms with Gasteiger partial charge in [-0.15, -0.1) is 0 Å². The second kappa shape index (κ2) is 5.75. The first kappa shape index (κ1) is 15.6. The van der Waals surface area contributed by atoms with Gasteiger partial charge in [0.05, 0.1) is 17.7 Å². The van der Waals surface area contributed by atoms with E-state index in [0.717, 1.165) is 5.56 Å². The van der Waals surface area contributed by atoms with Crippen molar-refractivity contribution >= 4 is 25.3 Å². The molecule has 0 bridgehead atoms. The lowest BCUT2D eigenvalue weighted by atomic mass is 10.1. The van der Waals surface area contributed by atoms with Crippen LogP contribution in [0.15, 0.2) is 48.5 Å². The summed E-state index contributed by atoms with van der Waals surface area (Å²) in [6.45, 7) is 4.56. The minimum Gasteiger partial charge on any atom is -0.416 e. The summed E-state index contributed by atoms with van der Waals surface area (Å²) in [5.41, 5.74) is 1.91. The van der Waals surface area contributed by atoms with E-state index >= 15 is 0 Å². The molecule has 0 radical (unpaired) electrons. The van der Waals surface area contributed by atoms with Crippen molar-refractivity contribution in [2.75, 3.05) is 7.11 Å². The van der Waals surface area contributed by atoms with E-state index in [-0.39, 0.29) is 11.8 Å². The standard InChI is InChI=1S/C18H19NO3Si/c1-22-23(2,3)14-10-8-13(9-11-14)12-19-17(20)15-6-4-5-7-16(15)18(19)21/h4-11H,12H2,1-3H3. The highest BCUT2D eigenvalue weighted by Crippen LogP contribution is 2.24. The molecule has 3 rings (SSSR count). The molecule has 1 aliphatic rings. The van der Waals surface area contributed by atoms with E-state index in [4.69, 9.17) is 4.43 Å². The molecule has 2 aromatic carbocycles. The number of amides is 2. The van der Waals surface area contributed by atoms with Crippen LogP contribution in [0.4, 0.5) is 0 Å². The van der Waals surface area contributed by atoms with Gasteiger partial charge in [-0.25, -0.2) is 0 Å². The highest BCUT2D eigenvalue weighted by Gasteiger charge is 2.35. The fourth-order valence-electron chi connectivity index (χ4n) is 2.69. The van der Waals surface area contributed by atoms with Gasteiger partial charge in [0.1, 0.15) is 0 Å². The summed E-state index contributed by atoms with van der Waals surface area (Å²) in [5.74, 6) is -0.442. The molecule has 0 atom stereocenters. The average Bonchev–Trinajstić information content (AvgIpc) is 2.81. The molecule has 0 aliphatic carbocycles. The Morgan fingerprint density at radius 3 is 1.91 bits per heavy atom. The Hall–Kier alpha value is -2.24. The van der Waals surface area contributed by atoms with Gasteiger partial charge in [-0.05, 0) is 36.0 Å². The number of benzene rings is 2. The van der Waals surface area contributed by atoms with E-state index in [0.29, 0.717) is 17.7 Å². The summed E-state index contributed by atoms with van der Waals surface area (Å²) in [4.78, 5) is 26.1. The number of hydrogen-bond donors (Lipinski definition) is 0. The van der Waals surface area contributed by atoms with E-state index in [9.17, 15) is 9.59 Å². The largest absolute Gasteiger partial charge is 0.416 e. The number of nitrogens with zero attached hydrogens (tertiary/aromatic N) is 1. The molecular formula is C18H19NO3Si. The van der Waals surface area contributed by atoms with Crippen LogP contribution in [0.2, 0.25) is 13.1 Å². The molecule has 0 aromatic heterocycles. The van der Waals surface area contributed by atoms with Gasteiger partial charge in [0.2, 0.25) is 8.32 Å². The van der Waals surface area contributed by atoms with Crippen molar-refractivity contribution in [3.05, 3.63) is 65.2 Å². The molecule has 0 saturated carbocycles. The van der Waals surface area contributed by atoms with E-state index in [1.54, 1.807) is 31.4 Å². The van der Waals surface area contributed by atoms with Crippen molar-refractivity contribution in [2.45, 2.75) is 19.6 Å². The number of hydrogen-bond acceptors (Lipinski definition) is 3. The molecule has 4 nitrogen and oxygen atoms in total. The van der Waals surface area contributed by atoms with Gasteiger partial charge in [-0.1, -0.05) is 36.4 Å². The van der Waals surface area contributed by atoms with Crippen LogP contribution >= 0.6 is 0 Å². The maximum absolute atomic E-state index is 12.4. The van der Waals surface area contributed by atoms with Gasteiger partial charge in [-0.3, -0.25) is 14.5 Å². The van der Waals surface area contributed by atoms with Gasteiger partial charge in [0.15, 0.2) is 0 Å². The van der Waals surface area contributed by atoms with E-state index in [1.807, 2.05) is 24.3 Å². The highest BCUT2D eigenvalue weighted by atomic mass is 28.4. The number of imide groups is 1. The minimum absolute atomic E-state index is 0.221. The van der Waals surface area contributed by atoms with Crippen molar-refractivity contribution in [3.63, 3.8) is 0 Å². The smallest absolute Gasteiger partial charge is 0.261 e. The maximum Gasteiger partial charge on any atom is 0.261 e. The Morgan fingerprint density at radius 1 is 0.913 bits per heavy atom. The van der Waals surface area contributed by atoms with Crippen molar-refractivity contribution in [1.82, 2.24) is 4.90 Å². The third kappa shape index (κ3) is 2.73. The summed E-state index contributed by atoms with van der Waals surface area (Å²) >= 11 is 0. The Bertz CT molecular complexity index is 733. The van der Waals surface area contributed by atoms with E-state index in [1.165, 1.54) is 10.1 Å². The maximum atomic E-state index is 12.4. The monoisotopic (exact) mass is 325 g/mol. The summed E-state index contributed by atoms with van der Waals surface area (Å²) < 4.78 is 5.59. The third-order valence-corrected chi connectivity index (χ3v) is 7.12. The van der Waals surface area contributed by atoms with E-state index in [2.05, 4.69) is 13.1 Å². The van der Waals surface area contributed by atoms with Crippen LogP contribution in [0.3, 0.4) is 0 Å². The van der Waals surface area contributed by atoms with Crippen molar-refractivity contribution < 1.29 is 14.0 Å². The molecule has 118 valence electrons. The first-order chi connectivity index (χ1) is 10.9. The number of carbonyl (C=O) groups is 2. The van der Waals surface area contributed by atoms with Crippen LogP contribution in [-0.4, -0.2) is 32.1 Å². The van der Waals surface area contributed by atoms with Crippen LogP contribution in [0.1, 0.15) is 26.3 Å². The van der Waals surface area contributed by atoms with Crippen LogP contribution in [0, 0.1) is 0 Å². The van der Waals surface area contributed by atoms with Crippen LogP contribution in [0.25, 0.3) is 0 Å². The fourth-order valence-corrected chi connectivity index (χ4v) is 3.90. The highest BCUT2D eigenvalue weighted by molar-refractivity contribution is 6.84. The number of rotatable bonds is 4. The summed E-state index contributed by atoms with van der Waals surface area (Å²) in [6.07, 6.45) is 0. The molecule has 0 saturated heterocycles. The molecule has 1 heterocycles. The van der Waals surface area contributed by atoms with Gasteiger partial charge < -0.3 is 4.43 Å². The zero-order valence-electron chi connectivity index (χ0n) is 13.5. The predicted octanol–water partition coefficient (Wildman–Crippen LogP) is 2.54. The second-order valence-corrected chi connectivity index (χ2v) is 10.2. The van der Waals surface area contributed by atoms with Crippen molar-refractivity contribution in [3.8, 4) is 0 Å². The van der Waals surface area contributed by atoms with Gasteiger partial charge >= 0.3 is 0 Å². The topological polar surface area (TPSA) is 46.6 Å². The SMILES string of the molecule is CO[Si](C)(C)c1ccc(CN2C(=O)c3ccccc3C2=O)cc1. The first-order valence-corrected chi connectivity index (χ1v) is 10.4. The first-order valence-electron chi connectivity index (χ1n) is 7.54. The zero-order chi connectivity index (χ0) is 16.6. The molecule has 2 aromatic rings. The van der Waals surface area contributed by atoms with Gasteiger partial charge in [-0.2, -0.15) is 0 Å². The van der Waals surface area contributed by atoms with Crippen molar-refractivity contribution in [2.24, 2.45) is 0 Å². The Balaban J connectivity index is 1.81. The van der Waals surface area contributed by atoms with Crippen LogP contribution in [-0.2, 0) is 11.0 Å². The Morgan fingerprint density at radius 2 is 1.43 bits per heavy atom. The lowest BCUT2D eigenvalue weighted by Crippen LogP contribution is -2.43. The molecule has 0 spiro atoms. The Labute approximate surface area is 136 Å². The average molecular weight is 325 g/mol. The zero-order valence-corrected chi connectivity index (χ0v) is 14.5. The van der Waals surface area contributed by atoms with Crippen LogP contribution < -0.4 is 5.19 Å². The number of fused-ring (bicyclic) bond motifs is 1. The van der Waals surface area contributed by atoms with Gasteiger partial charge in [0, 0.05) is 7.11 Å². The predicted molar refractivity (Wildman–Crippen MR) is 91.2 cm³/mol. The van der Waals surface area contributed by atoms with Gasteiger partial charge in [0.25, 0.3) is 11.8 Å². The minimum atomic E-state index is -1.85. The lowest BCUT2D eigenvalue weighted by molar-refractivity contribution is 0.0642. The molecule has 5 heteroatoms.